The second kappa shape index (κ2) is 17.3. The van der Waals surface area contributed by atoms with E-state index in [-0.39, 0.29) is 0 Å². The molecule has 0 amide bonds. The van der Waals surface area contributed by atoms with Crippen LogP contribution in [-0.2, 0) is 9.59 Å². The summed E-state index contributed by atoms with van der Waals surface area (Å²) < 4.78 is 0. The molecule has 1 aliphatic carbocycles. The molecule has 3 nitrogen and oxygen atoms in total. The smallest absolute Gasteiger partial charge is 0.300 e. The van der Waals surface area contributed by atoms with E-state index in [4.69, 9.17) is 9.90 Å². The molecule has 0 aliphatic heterocycles. The maximum absolute atomic E-state index is 10.9. The van der Waals surface area contributed by atoms with E-state index in [0.717, 1.165) is 31.6 Å². The summed E-state index contributed by atoms with van der Waals surface area (Å²) in [5.74, 6) is 1.24. The fourth-order valence-corrected chi connectivity index (χ4v) is 3.56. The molecule has 3 heteroatoms. The van der Waals surface area contributed by atoms with Gasteiger partial charge in [0.25, 0.3) is 5.97 Å². The fraction of sp³-hybridized carbons (Fsp3) is 0.826. The van der Waals surface area contributed by atoms with Crippen molar-refractivity contribution in [3.05, 3.63) is 12.2 Å². The Labute approximate surface area is 161 Å². The van der Waals surface area contributed by atoms with Crippen molar-refractivity contribution in [2.45, 2.75) is 111 Å². The summed E-state index contributed by atoms with van der Waals surface area (Å²) >= 11 is 0. The van der Waals surface area contributed by atoms with Crippen molar-refractivity contribution in [2.75, 3.05) is 0 Å². The van der Waals surface area contributed by atoms with Gasteiger partial charge in [0.05, 0.1) is 0 Å². The first kappa shape index (κ1) is 24.9. The lowest BCUT2D eigenvalue weighted by Gasteiger charge is -2.22. The van der Waals surface area contributed by atoms with Crippen molar-refractivity contribution in [1.29, 1.82) is 0 Å². The van der Waals surface area contributed by atoms with E-state index >= 15 is 0 Å². The molecule has 1 N–H and O–H groups in total. The molecule has 0 bridgehead atoms. The lowest BCUT2D eigenvalue weighted by Crippen LogP contribution is -2.08. The second-order valence-electron chi connectivity index (χ2n) is 7.86. The molecule has 0 aromatic heterocycles. The van der Waals surface area contributed by atoms with Crippen LogP contribution < -0.4 is 0 Å². The van der Waals surface area contributed by atoms with E-state index in [2.05, 4.69) is 19.1 Å². The topological polar surface area (TPSA) is 54.4 Å². The molecule has 0 aromatic carbocycles. The maximum Gasteiger partial charge on any atom is 0.300 e. The Morgan fingerprint density at radius 2 is 1.23 bits per heavy atom. The van der Waals surface area contributed by atoms with Gasteiger partial charge in [-0.15, -0.1) is 0 Å². The van der Waals surface area contributed by atoms with Gasteiger partial charge in [0.1, 0.15) is 5.78 Å². The van der Waals surface area contributed by atoms with Crippen molar-refractivity contribution >= 4 is 11.8 Å². The van der Waals surface area contributed by atoms with Gasteiger partial charge in [-0.25, -0.2) is 0 Å². The monoisotopic (exact) mass is 366 g/mol. The van der Waals surface area contributed by atoms with Crippen LogP contribution in [0.5, 0.6) is 0 Å². The molecule has 152 valence electrons. The second-order valence-corrected chi connectivity index (χ2v) is 7.86. The zero-order valence-electron chi connectivity index (χ0n) is 17.5. The van der Waals surface area contributed by atoms with Crippen molar-refractivity contribution in [3.8, 4) is 0 Å². The van der Waals surface area contributed by atoms with Gasteiger partial charge in [-0.1, -0.05) is 70.4 Å². The van der Waals surface area contributed by atoms with Gasteiger partial charge in [0, 0.05) is 13.3 Å². The minimum Gasteiger partial charge on any atom is -0.481 e. The molecule has 1 aliphatic rings. The number of aliphatic carboxylic acids is 1. The number of carboxylic acids is 1. The zero-order chi connectivity index (χ0) is 19.6. The molecule has 0 heterocycles. The lowest BCUT2D eigenvalue weighted by atomic mass is 9.83. The zero-order valence-corrected chi connectivity index (χ0v) is 17.5. The molecule has 0 saturated carbocycles. The molecule has 2 atom stereocenters. The third kappa shape index (κ3) is 17.7. The Hall–Kier alpha value is -1.12. The van der Waals surface area contributed by atoms with Crippen molar-refractivity contribution in [3.63, 3.8) is 0 Å². The predicted octanol–water partition coefficient (Wildman–Crippen LogP) is 6.95. The van der Waals surface area contributed by atoms with Crippen LogP contribution in [0.3, 0.4) is 0 Å². The lowest BCUT2D eigenvalue weighted by molar-refractivity contribution is -0.134. The number of carbonyl (C=O) groups is 2. The van der Waals surface area contributed by atoms with Crippen LogP contribution in [0.25, 0.3) is 0 Å². The van der Waals surface area contributed by atoms with Crippen LogP contribution >= 0.6 is 0 Å². The Morgan fingerprint density at radius 1 is 0.808 bits per heavy atom. The molecule has 0 radical (unpaired) electrons. The highest BCUT2D eigenvalue weighted by atomic mass is 16.4. The largest absolute Gasteiger partial charge is 0.481 e. The van der Waals surface area contributed by atoms with Gasteiger partial charge in [-0.2, -0.15) is 0 Å². The number of hydrogen-bond acceptors (Lipinski definition) is 2. The predicted molar refractivity (Wildman–Crippen MR) is 110 cm³/mol. The average molecular weight is 367 g/mol. The highest BCUT2D eigenvalue weighted by molar-refractivity contribution is 5.75. The van der Waals surface area contributed by atoms with Gasteiger partial charge in [0.15, 0.2) is 0 Å². The molecule has 1 rings (SSSR count). The van der Waals surface area contributed by atoms with Crippen LogP contribution in [0.15, 0.2) is 12.2 Å². The SMILES string of the molecule is CC(=O)O.CCCCCCC1C=CC(CCCCCCCC(C)=O)CC1. The number of hydrogen-bond donors (Lipinski definition) is 1. The Kier molecular flexibility index (Phi) is 16.6. The van der Waals surface area contributed by atoms with E-state index in [1.54, 1.807) is 6.92 Å². The number of rotatable bonds is 13. The molecule has 0 aromatic rings. The van der Waals surface area contributed by atoms with Crippen LogP contribution in [0.1, 0.15) is 111 Å². The quantitative estimate of drug-likeness (QED) is 0.283. The maximum atomic E-state index is 10.9. The van der Waals surface area contributed by atoms with Crippen LogP contribution in [0.4, 0.5) is 0 Å². The van der Waals surface area contributed by atoms with Gasteiger partial charge < -0.3 is 9.90 Å². The number of ketones is 1. The first-order valence-corrected chi connectivity index (χ1v) is 10.8. The standard InChI is InChI=1S/C21H38O.C2H4O2/c1-3-4-5-10-13-20-15-17-21(18-16-20)14-11-8-6-7-9-12-19(2)22;1-2(3)4/h15,17,20-21H,3-14,16,18H2,1-2H3;1H3,(H,3,4). The van der Waals surface area contributed by atoms with E-state index < -0.39 is 5.97 Å². The highest BCUT2D eigenvalue weighted by Gasteiger charge is 2.15. The number of carbonyl (C=O) groups excluding carboxylic acids is 1. The normalized spacial score (nSPS) is 18.9. The summed E-state index contributed by atoms with van der Waals surface area (Å²) in [6.45, 7) is 5.07. The third-order valence-corrected chi connectivity index (χ3v) is 5.10. The molecular weight excluding hydrogens is 324 g/mol. The fourth-order valence-electron chi connectivity index (χ4n) is 3.56. The van der Waals surface area contributed by atoms with Gasteiger partial charge >= 0.3 is 0 Å². The Balaban J connectivity index is 0.00000141. The van der Waals surface area contributed by atoms with Crippen molar-refractivity contribution < 1.29 is 14.7 Å². The van der Waals surface area contributed by atoms with Crippen molar-refractivity contribution in [2.24, 2.45) is 11.8 Å². The van der Waals surface area contributed by atoms with E-state index in [0.29, 0.717) is 5.78 Å². The van der Waals surface area contributed by atoms with Gasteiger partial charge in [0.2, 0.25) is 0 Å². The summed E-state index contributed by atoms with van der Waals surface area (Å²) in [5, 5.41) is 7.42. The summed E-state index contributed by atoms with van der Waals surface area (Å²) in [7, 11) is 0. The van der Waals surface area contributed by atoms with Crippen LogP contribution in [0, 0.1) is 11.8 Å². The summed E-state index contributed by atoms with van der Waals surface area (Å²) in [4.78, 5) is 19.9. The first-order valence-electron chi connectivity index (χ1n) is 10.8. The minimum absolute atomic E-state index is 0.344. The van der Waals surface area contributed by atoms with Crippen LogP contribution in [0.2, 0.25) is 0 Å². The summed E-state index contributed by atoms with van der Waals surface area (Å²) in [5.41, 5.74) is 0. The average Bonchev–Trinajstić information content (AvgIpc) is 2.58. The molecular formula is C23H42O3. The first-order chi connectivity index (χ1) is 12.5. The third-order valence-electron chi connectivity index (χ3n) is 5.10. The van der Waals surface area contributed by atoms with E-state index in [1.165, 1.54) is 77.0 Å². The van der Waals surface area contributed by atoms with E-state index in [1.807, 2.05) is 0 Å². The summed E-state index contributed by atoms with van der Waals surface area (Å²) in [6, 6.07) is 0. The van der Waals surface area contributed by atoms with Gasteiger partial charge in [-0.3, -0.25) is 4.79 Å². The van der Waals surface area contributed by atoms with E-state index in [9.17, 15) is 4.79 Å². The van der Waals surface area contributed by atoms with Crippen molar-refractivity contribution in [1.82, 2.24) is 0 Å². The Bertz CT molecular complexity index is 383. The van der Waals surface area contributed by atoms with Crippen LogP contribution in [-0.4, -0.2) is 16.9 Å². The molecule has 0 spiro atoms. The number of Topliss-reactive ketones (excluding diaryl/α,β-unsaturated/α-hetero) is 1. The molecule has 26 heavy (non-hydrogen) atoms. The minimum atomic E-state index is -0.833. The Morgan fingerprint density at radius 3 is 1.65 bits per heavy atom. The number of allylic oxidation sites excluding steroid dienone is 2. The van der Waals surface area contributed by atoms with Gasteiger partial charge in [-0.05, 0) is 50.9 Å². The summed E-state index contributed by atoms with van der Waals surface area (Å²) in [6.07, 6.45) is 23.4. The molecule has 0 saturated heterocycles. The number of carboxylic acid groups (broad SMARTS) is 1. The number of unbranched alkanes of at least 4 members (excludes halogenated alkanes) is 7. The molecule has 2 unspecified atom stereocenters. The molecule has 0 fully saturated rings. The highest BCUT2D eigenvalue weighted by Crippen LogP contribution is 2.29.